The SMILES string of the molecule is COc1ccc(CS(=O)(=O)CC(=O)OC(C)(C)C)cc1N. The van der Waals surface area contributed by atoms with Gasteiger partial charge in [0, 0.05) is 0 Å². The van der Waals surface area contributed by atoms with E-state index >= 15 is 0 Å². The standard InChI is InChI=1S/C14H21NO5S/c1-14(2,3)20-13(16)9-21(17,18)8-10-5-6-12(19-4)11(15)7-10/h5-7H,8-9,15H2,1-4H3. The van der Waals surface area contributed by atoms with Gasteiger partial charge in [-0.05, 0) is 38.5 Å². The van der Waals surface area contributed by atoms with Gasteiger partial charge in [-0.3, -0.25) is 4.79 Å². The minimum Gasteiger partial charge on any atom is -0.495 e. The van der Waals surface area contributed by atoms with Crippen molar-refractivity contribution in [2.24, 2.45) is 0 Å². The minimum absolute atomic E-state index is 0.277. The fraction of sp³-hybridized carbons (Fsp3) is 0.500. The van der Waals surface area contributed by atoms with Crippen molar-refractivity contribution in [3.63, 3.8) is 0 Å². The third-order valence-electron chi connectivity index (χ3n) is 2.44. The summed E-state index contributed by atoms with van der Waals surface area (Å²) in [6, 6.07) is 4.71. The molecule has 0 atom stereocenters. The van der Waals surface area contributed by atoms with Crippen LogP contribution >= 0.6 is 0 Å². The molecule has 1 aromatic rings. The second-order valence-corrected chi connectivity index (χ2v) is 7.76. The number of methoxy groups -OCH3 is 1. The average Bonchev–Trinajstić information content (AvgIpc) is 2.24. The van der Waals surface area contributed by atoms with E-state index in [1.165, 1.54) is 13.2 Å². The molecule has 0 unspecified atom stereocenters. The lowest BCUT2D eigenvalue weighted by Crippen LogP contribution is -2.29. The monoisotopic (exact) mass is 315 g/mol. The van der Waals surface area contributed by atoms with Crippen molar-refractivity contribution >= 4 is 21.5 Å². The predicted octanol–water partition coefficient (Wildman–Crippen LogP) is 1.53. The van der Waals surface area contributed by atoms with Crippen molar-refractivity contribution < 1.29 is 22.7 Å². The molecule has 0 aliphatic rings. The summed E-state index contributed by atoms with van der Waals surface area (Å²) in [5.74, 6) is -1.22. The topological polar surface area (TPSA) is 95.7 Å². The maximum absolute atomic E-state index is 12.0. The van der Waals surface area contributed by atoms with Crippen LogP contribution in [0.25, 0.3) is 0 Å². The number of hydrogen-bond donors (Lipinski definition) is 1. The van der Waals surface area contributed by atoms with E-state index in [1.54, 1.807) is 32.9 Å². The Morgan fingerprint density at radius 1 is 1.29 bits per heavy atom. The van der Waals surface area contributed by atoms with E-state index in [1.807, 2.05) is 0 Å². The number of anilines is 1. The molecular weight excluding hydrogens is 294 g/mol. The van der Waals surface area contributed by atoms with Crippen LogP contribution in [0.3, 0.4) is 0 Å². The third-order valence-corrected chi connectivity index (χ3v) is 3.89. The Labute approximate surface area is 125 Å². The minimum atomic E-state index is -3.61. The smallest absolute Gasteiger partial charge is 0.321 e. The lowest BCUT2D eigenvalue weighted by Gasteiger charge is -2.19. The van der Waals surface area contributed by atoms with Crippen LogP contribution in [-0.4, -0.2) is 32.9 Å². The second-order valence-electron chi connectivity index (χ2n) is 5.69. The Hall–Kier alpha value is -1.76. The first-order chi connectivity index (χ1) is 9.52. The zero-order chi connectivity index (χ0) is 16.3. The number of sulfone groups is 1. The molecule has 0 aliphatic heterocycles. The van der Waals surface area contributed by atoms with Gasteiger partial charge in [0.25, 0.3) is 0 Å². The predicted molar refractivity (Wildman–Crippen MR) is 80.7 cm³/mol. The summed E-state index contributed by atoms with van der Waals surface area (Å²) >= 11 is 0. The third kappa shape index (κ3) is 6.03. The first kappa shape index (κ1) is 17.3. The van der Waals surface area contributed by atoms with E-state index in [0.717, 1.165) is 0 Å². The van der Waals surface area contributed by atoms with Crippen LogP contribution in [0, 0.1) is 0 Å². The number of esters is 1. The summed E-state index contributed by atoms with van der Waals surface area (Å²) in [7, 11) is -2.14. The molecular formula is C14H21NO5S. The fourth-order valence-electron chi connectivity index (χ4n) is 1.73. The molecule has 0 heterocycles. The highest BCUT2D eigenvalue weighted by Crippen LogP contribution is 2.23. The maximum atomic E-state index is 12.0. The first-order valence-electron chi connectivity index (χ1n) is 6.37. The van der Waals surface area contributed by atoms with Gasteiger partial charge in [-0.1, -0.05) is 6.07 Å². The lowest BCUT2D eigenvalue weighted by molar-refractivity contribution is -0.151. The molecule has 0 aliphatic carbocycles. The van der Waals surface area contributed by atoms with Gasteiger partial charge in [0.1, 0.15) is 17.1 Å². The highest BCUT2D eigenvalue weighted by molar-refractivity contribution is 7.91. The molecule has 6 nitrogen and oxygen atoms in total. The number of carbonyl (C=O) groups excluding carboxylic acids is 1. The molecule has 0 saturated carbocycles. The van der Waals surface area contributed by atoms with Crippen molar-refractivity contribution in [2.75, 3.05) is 18.6 Å². The van der Waals surface area contributed by atoms with E-state index in [0.29, 0.717) is 17.0 Å². The van der Waals surface area contributed by atoms with Crippen LogP contribution < -0.4 is 10.5 Å². The van der Waals surface area contributed by atoms with Gasteiger partial charge in [0.2, 0.25) is 0 Å². The highest BCUT2D eigenvalue weighted by atomic mass is 32.2. The van der Waals surface area contributed by atoms with Crippen LogP contribution in [0.15, 0.2) is 18.2 Å². The summed E-state index contributed by atoms with van der Waals surface area (Å²) in [4.78, 5) is 11.6. The van der Waals surface area contributed by atoms with Gasteiger partial charge in [0.05, 0.1) is 18.6 Å². The number of nitrogen functional groups attached to an aromatic ring is 1. The Kier molecular flexibility index (Phi) is 5.22. The van der Waals surface area contributed by atoms with Crippen molar-refractivity contribution in [1.29, 1.82) is 0 Å². The zero-order valence-corrected chi connectivity index (χ0v) is 13.5. The average molecular weight is 315 g/mol. The molecule has 1 aromatic carbocycles. The van der Waals surface area contributed by atoms with Crippen LogP contribution in [0.1, 0.15) is 26.3 Å². The first-order valence-corrected chi connectivity index (χ1v) is 8.19. The number of carbonyl (C=O) groups is 1. The van der Waals surface area contributed by atoms with Gasteiger partial charge >= 0.3 is 5.97 Å². The van der Waals surface area contributed by atoms with Gasteiger partial charge in [0.15, 0.2) is 9.84 Å². The summed E-state index contributed by atoms with van der Waals surface area (Å²) in [5, 5.41) is 0. The van der Waals surface area contributed by atoms with Crippen LogP contribution in [0.5, 0.6) is 5.75 Å². The van der Waals surface area contributed by atoms with Gasteiger partial charge in [-0.25, -0.2) is 8.42 Å². The molecule has 7 heteroatoms. The Morgan fingerprint density at radius 2 is 1.90 bits per heavy atom. The van der Waals surface area contributed by atoms with Gasteiger partial charge < -0.3 is 15.2 Å². The molecule has 118 valence electrons. The second kappa shape index (κ2) is 6.34. The Bertz CT molecular complexity index is 617. The van der Waals surface area contributed by atoms with Crippen molar-refractivity contribution in [1.82, 2.24) is 0 Å². The molecule has 0 aromatic heterocycles. The zero-order valence-electron chi connectivity index (χ0n) is 12.7. The van der Waals surface area contributed by atoms with Crippen molar-refractivity contribution in [3.05, 3.63) is 23.8 Å². The van der Waals surface area contributed by atoms with Gasteiger partial charge in [-0.2, -0.15) is 0 Å². The van der Waals surface area contributed by atoms with Crippen LogP contribution in [0.2, 0.25) is 0 Å². The molecule has 0 amide bonds. The van der Waals surface area contributed by atoms with E-state index in [9.17, 15) is 13.2 Å². The molecule has 0 fully saturated rings. The van der Waals surface area contributed by atoms with Crippen LogP contribution in [-0.2, 0) is 25.1 Å². The van der Waals surface area contributed by atoms with Gasteiger partial charge in [-0.15, -0.1) is 0 Å². The molecule has 0 radical (unpaired) electrons. The van der Waals surface area contributed by atoms with E-state index < -0.39 is 27.2 Å². The number of nitrogens with two attached hydrogens (primary N) is 1. The number of rotatable bonds is 5. The molecule has 0 saturated heterocycles. The number of benzene rings is 1. The lowest BCUT2D eigenvalue weighted by atomic mass is 10.2. The quantitative estimate of drug-likeness (QED) is 0.654. The van der Waals surface area contributed by atoms with Crippen LogP contribution in [0.4, 0.5) is 5.69 Å². The largest absolute Gasteiger partial charge is 0.495 e. The van der Waals surface area contributed by atoms with Crippen molar-refractivity contribution in [2.45, 2.75) is 32.1 Å². The van der Waals surface area contributed by atoms with E-state index in [2.05, 4.69) is 0 Å². The maximum Gasteiger partial charge on any atom is 0.321 e. The molecule has 0 spiro atoms. The van der Waals surface area contributed by atoms with E-state index in [4.69, 9.17) is 15.2 Å². The summed E-state index contributed by atoms with van der Waals surface area (Å²) < 4.78 is 34.0. The number of ether oxygens (including phenoxy) is 2. The summed E-state index contributed by atoms with van der Waals surface area (Å²) in [6.07, 6.45) is 0. The summed E-state index contributed by atoms with van der Waals surface area (Å²) in [6.45, 7) is 5.05. The molecule has 21 heavy (non-hydrogen) atoms. The molecule has 0 bridgehead atoms. The molecule has 2 N–H and O–H groups in total. The Balaban J connectivity index is 2.77. The fourth-order valence-corrected chi connectivity index (χ4v) is 2.94. The number of hydrogen-bond acceptors (Lipinski definition) is 6. The molecule has 1 rings (SSSR count). The highest BCUT2D eigenvalue weighted by Gasteiger charge is 2.23. The Morgan fingerprint density at radius 3 is 2.38 bits per heavy atom. The normalized spacial score (nSPS) is 12.0. The van der Waals surface area contributed by atoms with Crippen molar-refractivity contribution in [3.8, 4) is 5.75 Å². The van der Waals surface area contributed by atoms with E-state index in [-0.39, 0.29) is 5.75 Å². The summed E-state index contributed by atoms with van der Waals surface area (Å²) in [5.41, 5.74) is 5.86.